The number of benzene rings is 2. The van der Waals surface area contributed by atoms with E-state index in [1.807, 2.05) is 48.5 Å². The van der Waals surface area contributed by atoms with Crippen LogP contribution in [0.4, 0.5) is 0 Å². The van der Waals surface area contributed by atoms with E-state index in [4.69, 9.17) is 20.9 Å². The summed E-state index contributed by atoms with van der Waals surface area (Å²) in [6.07, 6.45) is 0.367. The van der Waals surface area contributed by atoms with Crippen LogP contribution in [0, 0.1) is 0 Å². The van der Waals surface area contributed by atoms with Gasteiger partial charge in [-0.3, -0.25) is 4.79 Å². The molecule has 2 heterocycles. The van der Waals surface area contributed by atoms with Crippen LogP contribution in [-0.4, -0.2) is 34.6 Å². The summed E-state index contributed by atoms with van der Waals surface area (Å²) < 4.78 is 10.8. The molecule has 0 spiro atoms. The van der Waals surface area contributed by atoms with Gasteiger partial charge in [-0.25, -0.2) is 0 Å². The Balaban J connectivity index is 1.50. The predicted octanol–water partition coefficient (Wildman–Crippen LogP) is 3.91. The van der Waals surface area contributed by atoms with Crippen molar-refractivity contribution in [3.8, 4) is 17.2 Å². The zero-order valence-electron chi connectivity index (χ0n) is 14.8. The summed E-state index contributed by atoms with van der Waals surface area (Å²) in [4.78, 5) is 18.7. The summed E-state index contributed by atoms with van der Waals surface area (Å²) >= 11 is 6.03. The van der Waals surface area contributed by atoms with E-state index in [0.717, 1.165) is 11.1 Å². The number of nitrogens with zero attached hydrogens (tertiary/aromatic N) is 3. The molecule has 1 fully saturated rings. The van der Waals surface area contributed by atoms with Gasteiger partial charge in [-0.1, -0.05) is 41.0 Å². The first-order valence-electron chi connectivity index (χ1n) is 8.63. The Morgan fingerprint density at radius 1 is 1.26 bits per heavy atom. The molecule has 138 valence electrons. The van der Waals surface area contributed by atoms with Crippen molar-refractivity contribution < 1.29 is 14.1 Å². The molecule has 1 saturated heterocycles. The summed E-state index contributed by atoms with van der Waals surface area (Å²) in [5, 5.41) is 4.76. The number of hydrogen-bond acceptors (Lipinski definition) is 5. The van der Waals surface area contributed by atoms with Gasteiger partial charge in [0.2, 0.25) is 5.91 Å². The van der Waals surface area contributed by atoms with Crippen LogP contribution < -0.4 is 4.74 Å². The highest BCUT2D eigenvalue weighted by molar-refractivity contribution is 6.30. The molecule has 27 heavy (non-hydrogen) atoms. The Labute approximate surface area is 161 Å². The van der Waals surface area contributed by atoms with Crippen molar-refractivity contribution in [2.75, 3.05) is 13.7 Å². The van der Waals surface area contributed by atoms with Crippen molar-refractivity contribution in [3.05, 3.63) is 64.9 Å². The van der Waals surface area contributed by atoms with Crippen LogP contribution in [0.3, 0.4) is 0 Å². The molecule has 0 aliphatic carbocycles. The molecule has 7 heteroatoms. The smallest absolute Gasteiger partial charge is 0.261 e. The van der Waals surface area contributed by atoms with E-state index < -0.39 is 0 Å². The average molecular weight is 384 g/mol. The zero-order valence-corrected chi connectivity index (χ0v) is 15.5. The number of halogens is 1. The van der Waals surface area contributed by atoms with Gasteiger partial charge in [0.25, 0.3) is 5.89 Å². The molecule has 0 radical (unpaired) electrons. The molecule has 1 aliphatic rings. The quantitative estimate of drug-likeness (QED) is 0.668. The van der Waals surface area contributed by atoms with E-state index in [9.17, 15) is 4.79 Å². The lowest BCUT2D eigenvalue weighted by molar-refractivity contribution is -0.128. The summed E-state index contributed by atoms with van der Waals surface area (Å²) in [5.41, 5.74) is 1.73. The van der Waals surface area contributed by atoms with Crippen molar-refractivity contribution in [2.24, 2.45) is 0 Å². The number of likely N-dealkylation sites (tertiary alicyclic amines) is 1. The first-order chi connectivity index (χ1) is 13.1. The minimum absolute atomic E-state index is 0.0728. The van der Waals surface area contributed by atoms with Gasteiger partial charge in [-0.05, 0) is 29.8 Å². The van der Waals surface area contributed by atoms with E-state index in [-0.39, 0.29) is 11.8 Å². The third kappa shape index (κ3) is 3.66. The Morgan fingerprint density at radius 2 is 2.11 bits per heavy atom. The maximum absolute atomic E-state index is 12.4. The van der Waals surface area contributed by atoms with Gasteiger partial charge in [0, 0.05) is 30.5 Å². The fourth-order valence-corrected chi connectivity index (χ4v) is 3.50. The Hall–Kier alpha value is -2.86. The lowest BCUT2D eigenvalue weighted by Gasteiger charge is -2.16. The summed E-state index contributed by atoms with van der Waals surface area (Å²) in [6.45, 7) is 1.07. The van der Waals surface area contributed by atoms with Crippen LogP contribution in [0.15, 0.2) is 53.1 Å². The van der Waals surface area contributed by atoms with Crippen molar-refractivity contribution in [2.45, 2.75) is 18.9 Å². The van der Waals surface area contributed by atoms with Crippen LogP contribution in [-0.2, 0) is 11.3 Å². The van der Waals surface area contributed by atoms with Crippen LogP contribution in [0.5, 0.6) is 5.75 Å². The lowest BCUT2D eigenvalue weighted by atomic mass is 10.1. The SMILES string of the molecule is COc1ccccc1-c1nc(C2CC(=O)N(Cc3cccc(Cl)c3)C2)no1. The van der Waals surface area contributed by atoms with E-state index >= 15 is 0 Å². The van der Waals surface area contributed by atoms with E-state index in [2.05, 4.69) is 10.1 Å². The van der Waals surface area contributed by atoms with E-state index in [1.54, 1.807) is 12.0 Å². The zero-order chi connectivity index (χ0) is 18.8. The van der Waals surface area contributed by atoms with E-state index in [0.29, 0.717) is 42.0 Å². The monoisotopic (exact) mass is 383 g/mol. The third-order valence-corrected chi connectivity index (χ3v) is 4.86. The molecular weight excluding hydrogens is 366 g/mol. The number of methoxy groups -OCH3 is 1. The molecular formula is C20H18ClN3O3. The largest absolute Gasteiger partial charge is 0.496 e. The van der Waals surface area contributed by atoms with Crippen molar-refractivity contribution in [3.63, 3.8) is 0 Å². The summed E-state index contributed by atoms with van der Waals surface area (Å²) in [7, 11) is 1.60. The number of rotatable bonds is 5. The molecule has 2 aromatic carbocycles. The van der Waals surface area contributed by atoms with Gasteiger partial charge in [0.15, 0.2) is 5.82 Å². The Kier molecular flexibility index (Phi) is 4.81. The molecule has 1 amide bonds. The number of carbonyl (C=O) groups is 1. The number of carbonyl (C=O) groups excluding carboxylic acids is 1. The number of ether oxygens (including phenoxy) is 1. The van der Waals surface area contributed by atoms with Crippen LogP contribution in [0.1, 0.15) is 23.7 Å². The molecule has 0 saturated carbocycles. The Bertz CT molecular complexity index is 972. The molecule has 0 bridgehead atoms. The standard InChI is InChI=1S/C20H18ClN3O3/c1-26-17-8-3-2-7-16(17)20-22-19(23-27-20)14-10-18(25)24(12-14)11-13-5-4-6-15(21)9-13/h2-9,14H,10-12H2,1H3. The maximum atomic E-state index is 12.4. The highest BCUT2D eigenvalue weighted by Gasteiger charge is 2.34. The van der Waals surface area contributed by atoms with Crippen LogP contribution >= 0.6 is 11.6 Å². The second kappa shape index (κ2) is 7.40. The second-order valence-electron chi connectivity index (χ2n) is 6.46. The fraction of sp³-hybridized carbons (Fsp3) is 0.250. The van der Waals surface area contributed by atoms with Crippen LogP contribution in [0.25, 0.3) is 11.5 Å². The highest BCUT2D eigenvalue weighted by atomic mass is 35.5. The minimum Gasteiger partial charge on any atom is -0.496 e. The molecule has 1 aliphatic heterocycles. The van der Waals surface area contributed by atoms with Crippen LogP contribution in [0.2, 0.25) is 5.02 Å². The van der Waals surface area contributed by atoms with Gasteiger partial charge in [-0.2, -0.15) is 4.98 Å². The van der Waals surface area contributed by atoms with Crippen molar-refractivity contribution in [1.82, 2.24) is 15.0 Å². The third-order valence-electron chi connectivity index (χ3n) is 4.62. The predicted molar refractivity (Wildman–Crippen MR) is 101 cm³/mol. The first kappa shape index (κ1) is 17.5. The molecule has 1 unspecified atom stereocenters. The first-order valence-corrected chi connectivity index (χ1v) is 9.01. The molecule has 1 atom stereocenters. The van der Waals surface area contributed by atoms with Gasteiger partial charge in [0.05, 0.1) is 12.7 Å². The molecule has 4 rings (SSSR count). The van der Waals surface area contributed by atoms with Gasteiger partial charge >= 0.3 is 0 Å². The number of amides is 1. The van der Waals surface area contributed by atoms with Crippen molar-refractivity contribution >= 4 is 17.5 Å². The summed E-state index contributed by atoms with van der Waals surface area (Å²) in [5.74, 6) is 1.58. The number of aromatic nitrogens is 2. The second-order valence-corrected chi connectivity index (χ2v) is 6.90. The van der Waals surface area contributed by atoms with E-state index in [1.165, 1.54) is 0 Å². The fourth-order valence-electron chi connectivity index (χ4n) is 3.29. The Morgan fingerprint density at radius 3 is 2.93 bits per heavy atom. The molecule has 3 aromatic rings. The normalized spacial score (nSPS) is 16.7. The molecule has 0 N–H and O–H groups in total. The van der Waals surface area contributed by atoms with Gasteiger partial charge in [0.1, 0.15) is 5.75 Å². The highest BCUT2D eigenvalue weighted by Crippen LogP contribution is 2.32. The van der Waals surface area contributed by atoms with Crippen molar-refractivity contribution in [1.29, 1.82) is 0 Å². The summed E-state index contributed by atoms with van der Waals surface area (Å²) in [6, 6.07) is 15.0. The number of hydrogen-bond donors (Lipinski definition) is 0. The number of para-hydroxylation sites is 1. The molecule has 1 aromatic heterocycles. The molecule has 6 nitrogen and oxygen atoms in total. The lowest BCUT2D eigenvalue weighted by Crippen LogP contribution is -2.24. The minimum atomic E-state index is -0.0936. The van der Waals surface area contributed by atoms with Gasteiger partial charge in [-0.15, -0.1) is 0 Å². The van der Waals surface area contributed by atoms with Gasteiger partial charge < -0.3 is 14.2 Å². The topological polar surface area (TPSA) is 68.5 Å². The average Bonchev–Trinajstić information content (AvgIpc) is 3.29. The maximum Gasteiger partial charge on any atom is 0.261 e.